The van der Waals surface area contributed by atoms with Gasteiger partial charge in [-0.3, -0.25) is 9.88 Å². The van der Waals surface area contributed by atoms with Gasteiger partial charge in [-0.15, -0.1) is 24.8 Å². The number of likely N-dealkylation sites (tertiary alicyclic amines) is 1. The Balaban J connectivity index is 0.000000902. The Labute approximate surface area is 128 Å². The maximum Gasteiger partial charge on any atom is 0.0335 e. The standard InChI is InChI=1S/C14H21N3.2ClH/c1-11(12-3-2-7-15-9-12)17-8-6-13-4-5-14(10-17)16-13;;/h2-3,7,9,11,13-14,16H,4-6,8,10H2,1H3;2*1H. The molecular formula is C14H23Cl2N3. The van der Waals surface area contributed by atoms with E-state index in [-0.39, 0.29) is 24.8 Å². The van der Waals surface area contributed by atoms with Crippen molar-refractivity contribution in [3.8, 4) is 0 Å². The van der Waals surface area contributed by atoms with E-state index in [2.05, 4.69) is 28.2 Å². The summed E-state index contributed by atoms with van der Waals surface area (Å²) in [6.45, 7) is 4.70. The van der Waals surface area contributed by atoms with Crippen LogP contribution in [0.15, 0.2) is 24.5 Å². The van der Waals surface area contributed by atoms with Crippen LogP contribution >= 0.6 is 24.8 Å². The third kappa shape index (κ3) is 3.82. The molecule has 5 heteroatoms. The number of fused-ring (bicyclic) bond motifs is 2. The fourth-order valence-corrected chi connectivity index (χ4v) is 3.16. The second kappa shape index (κ2) is 7.44. The van der Waals surface area contributed by atoms with Crippen molar-refractivity contribution in [2.75, 3.05) is 13.1 Å². The van der Waals surface area contributed by atoms with Gasteiger partial charge in [0.15, 0.2) is 0 Å². The van der Waals surface area contributed by atoms with Crippen LogP contribution in [0.4, 0.5) is 0 Å². The van der Waals surface area contributed by atoms with Crippen LogP contribution in [-0.4, -0.2) is 35.1 Å². The number of pyridine rings is 1. The molecule has 2 fully saturated rings. The topological polar surface area (TPSA) is 28.2 Å². The highest BCUT2D eigenvalue weighted by atomic mass is 35.5. The molecule has 1 aromatic rings. The van der Waals surface area contributed by atoms with Gasteiger partial charge in [-0.05, 0) is 37.8 Å². The monoisotopic (exact) mass is 303 g/mol. The molecule has 2 aliphatic heterocycles. The molecule has 3 unspecified atom stereocenters. The number of nitrogens with one attached hydrogen (secondary N) is 1. The smallest absolute Gasteiger partial charge is 0.0335 e. The first kappa shape index (κ1) is 16.7. The average molecular weight is 304 g/mol. The third-order valence-corrected chi connectivity index (χ3v) is 4.27. The van der Waals surface area contributed by atoms with Gasteiger partial charge in [-0.1, -0.05) is 6.07 Å². The molecule has 2 saturated heterocycles. The normalized spacial score (nSPS) is 27.8. The highest BCUT2D eigenvalue weighted by Gasteiger charge is 2.31. The summed E-state index contributed by atoms with van der Waals surface area (Å²) in [5.74, 6) is 0. The highest BCUT2D eigenvalue weighted by molar-refractivity contribution is 5.85. The van der Waals surface area contributed by atoms with Crippen molar-refractivity contribution in [2.45, 2.75) is 44.3 Å². The molecule has 19 heavy (non-hydrogen) atoms. The first-order valence-corrected chi connectivity index (χ1v) is 6.73. The number of hydrogen-bond acceptors (Lipinski definition) is 3. The summed E-state index contributed by atoms with van der Waals surface area (Å²) in [5.41, 5.74) is 1.34. The number of hydrogen-bond donors (Lipinski definition) is 1. The van der Waals surface area contributed by atoms with E-state index >= 15 is 0 Å². The van der Waals surface area contributed by atoms with Gasteiger partial charge in [0.25, 0.3) is 0 Å². The Morgan fingerprint density at radius 3 is 2.79 bits per heavy atom. The van der Waals surface area contributed by atoms with Gasteiger partial charge < -0.3 is 5.32 Å². The van der Waals surface area contributed by atoms with Gasteiger partial charge in [0, 0.05) is 43.6 Å². The van der Waals surface area contributed by atoms with Crippen LogP contribution in [0.3, 0.4) is 0 Å². The molecule has 0 spiro atoms. The largest absolute Gasteiger partial charge is 0.310 e. The summed E-state index contributed by atoms with van der Waals surface area (Å²) in [6, 6.07) is 6.19. The first-order valence-electron chi connectivity index (χ1n) is 6.73. The number of aromatic nitrogens is 1. The van der Waals surface area contributed by atoms with Crippen molar-refractivity contribution in [3.05, 3.63) is 30.1 Å². The summed E-state index contributed by atoms with van der Waals surface area (Å²) < 4.78 is 0. The fourth-order valence-electron chi connectivity index (χ4n) is 3.16. The van der Waals surface area contributed by atoms with E-state index in [9.17, 15) is 0 Å². The van der Waals surface area contributed by atoms with Crippen LogP contribution in [0, 0.1) is 0 Å². The van der Waals surface area contributed by atoms with E-state index in [4.69, 9.17) is 0 Å². The van der Waals surface area contributed by atoms with Gasteiger partial charge in [0.05, 0.1) is 0 Å². The predicted octanol–water partition coefficient (Wildman–Crippen LogP) is 2.81. The third-order valence-electron chi connectivity index (χ3n) is 4.27. The molecule has 0 saturated carbocycles. The number of halogens is 2. The van der Waals surface area contributed by atoms with Gasteiger partial charge in [-0.25, -0.2) is 0 Å². The second-order valence-electron chi connectivity index (χ2n) is 5.38. The van der Waals surface area contributed by atoms with Crippen LogP contribution in [0.25, 0.3) is 0 Å². The molecule has 3 rings (SSSR count). The Hall–Kier alpha value is -0.350. The molecule has 3 heterocycles. The van der Waals surface area contributed by atoms with E-state index in [0.717, 1.165) is 6.04 Å². The Morgan fingerprint density at radius 2 is 2.05 bits per heavy atom. The molecule has 1 aromatic heterocycles. The second-order valence-corrected chi connectivity index (χ2v) is 5.38. The minimum Gasteiger partial charge on any atom is -0.310 e. The number of nitrogens with zero attached hydrogens (tertiary/aromatic N) is 2. The van der Waals surface area contributed by atoms with Crippen LogP contribution < -0.4 is 5.32 Å². The van der Waals surface area contributed by atoms with Crippen molar-refractivity contribution in [3.63, 3.8) is 0 Å². The summed E-state index contributed by atoms with van der Waals surface area (Å²) >= 11 is 0. The quantitative estimate of drug-likeness (QED) is 0.910. The Bertz CT molecular complexity index is 374. The molecular weight excluding hydrogens is 281 g/mol. The highest BCUT2D eigenvalue weighted by Crippen LogP contribution is 2.26. The van der Waals surface area contributed by atoms with Crippen molar-refractivity contribution >= 4 is 24.8 Å². The van der Waals surface area contributed by atoms with E-state index < -0.39 is 0 Å². The van der Waals surface area contributed by atoms with E-state index in [1.54, 1.807) is 0 Å². The van der Waals surface area contributed by atoms with Crippen LogP contribution in [0.5, 0.6) is 0 Å². The molecule has 0 aromatic carbocycles. The minimum atomic E-state index is 0. The number of rotatable bonds is 2. The van der Waals surface area contributed by atoms with E-state index in [1.165, 1.54) is 37.9 Å². The van der Waals surface area contributed by atoms with Crippen LogP contribution in [-0.2, 0) is 0 Å². The van der Waals surface area contributed by atoms with Gasteiger partial charge in [0.1, 0.15) is 0 Å². The SMILES string of the molecule is CC(c1cccnc1)N1CCC2CCC(C1)N2.Cl.Cl. The molecule has 1 N–H and O–H groups in total. The lowest BCUT2D eigenvalue weighted by Crippen LogP contribution is -2.36. The van der Waals surface area contributed by atoms with E-state index in [1.807, 2.05) is 18.5 Å². The van der Waals surface area contributed by atoms with Crippen molar-refractivity contribution in [2.24, 2.45) is 0 Å². The molecule has 2 aliphatic rings. The zero-order valence-corrected chi connectivity index (χ0v) is 12.9. The lowest BCUT2D eigenvalue weighted by molar-refractivity contribution is 0.199. The van der Waals surface area contributed by atoms with Crippen LogP contribution in [0.1, 0.15) is 37.8 Å². The van der Waals surface area contributed by atoms with Crippen molar-refractivity contribution < 1.29 is 0 Å². The fraction of sp³-hybridized carbons (Fsp3) is 0.643. The maximum absolute atomic E-state index is 4.23. The van der Waals surface area contributed by atoms with Gasteiger partial charge >= 0.3 is 0 Å². The predicted molar refractivity (Wildman–Crippen MR) is 83.3 cm³/mol. The van der Waals surface area contributed by atoms with Gasteiger partial charge in [-0.2, -0.15) is 0 Å². The summed E-state index contributed by atoms with van der Waals surface area (Å²) in [4.78, 5) is 6.83. The van der Waals surface area contributed by atoms with Crippen LogP contribution in [0.2, 0.25) is 0 Å². The first-order chi connectivity index (χ1) is 8.33. The summed E-state index contributed by atoms with van der Waals surface area (Å²) in [5, 5.41) is 3.73. The van der Waals surface area contributed by atoms with Crippen molar-refractivity contribution in [1.29, 1.82) is 0 Å². The average Bonchev–Trinajstić information content (AvgIpc) is 2.69. The molecule has 3 atom stereocenters. The lowest BCUT2D eigenvalue weighted by Gasteiger charge is -2.30. The zero-order valence-electron chi connectivity index (χ0n) is 11.3. The summed E-state index contributed by atoms with van der Waals surface area (Å²) in [6.07, 6.45) is 7.87. The molecule has 108 valence electrons. The Kier molecular flexibility index (Phi) is 6.54. The molecule has 0 radical (unpaired) electrons. The van der Waals surface area contributed by atoms with Gasteiger partial charge in [0.2, 0.25) is 0 Å². The molecule has 0 aliphatic carbocycles. The molecule has 2 bridgehead atoms. The zero-order chi connectivity index (χ0) is 11.7. The van der Waals surface area contributed by atoms with E-state index in [0.29, 0.717) is 12.1 Å². The van der Waals surface area contributed by atoms with Crippen molar-refractivity contribution in [1.82, 2.24) is 15.2 Å². The molecule has 3 nitrogen and oxygen atoms in total. The molecule has 0 amide bonds. The maximum atomic E-state index is 4.23. The minimum absolute atomic E-state index is 0. The Morgan fingerprint density at radius 1 is 1.26 bits per heavy atom. The lowest BCUT2D eigenvalue weighted by atomic mass is 10.0. The summed E-state index contributed by atoms with van der Waals surface area (Å²) in [7, 11) is 0.